The molecule has 0 saturated heterocycles. The van der Waals surface area contributed by atoms with Gasteiger partial charge in [-0.3, -0.25) is 4.79 Å². The minimum absolute atomic E-state index is 0.200. The zero-order chi connectivity index (χ0) is 18.7. The number of carbonyl (C=O) groups excluding carboxylic acids is 1. The third-order valence-corrected chi connectivity index (χ3v) is 6.30. The summed E-state index contributed by atoms with van der Waals surface area (Å²) in [5.74, 6) is 8.58. The zero-order valence-corrected chi connectivity index (χ0v) is 17.0. The van der Waals surface area contributed by atoms with Gasteiger partial charge in [0, 0.05) is 25.4 Å². The van der Waals surface area contributed by atoms with Crippen molar-refractivity contribution in [2.24, 2.45) is 23.2 Å². The van der Waals surface area contributed by atoms with Gasteiger partial charge in [0.1, 0.15) is 11.4 Å². The minimum Gasteiger partial charge on any atom is -0.353 e. The lowest BCUT2D eigenvalue weighted by molar-refractivity contribution is -0.169. The normalized spacial score (nSPS) is 31.8. The third kappa shape index (κ3) is 4.86. The maximum Gasteiger partial charge on any atom is 0.156 e. The molecule has 2 saturated carbocycles. The van der Waals surface area contributed by atoms with E-state index in [0.29, 0.717) is 30.1 Å². The van der Waals surface area contributed by atoms with Crippen molar-refractivity contribution in [3.63, 3.8) is 0 Å². The molecule has 0 aromatic rings. The van der Waals surface area contributed by atoms with Crippen molar-refractivity contribution < 1.29 is 14.3 Å². The molecule has 2 aliphatic carbocycles. The molecule has 0 heterocycles. The first kappa shape index (κ1) is 20.5. The molecular formula is C22H36O3. The predicted octanol–water partition coefficient (Wildman–Crippen LogP) is 4.98. The summed E-state index contributed by atoms with van der Waals surface area (Å²) in [6.45, 7) is 13.2. The molecule has 142 valence electrons. The summed E-state index contributed by atoms with van der Waals surface area (Å²) in [6, 6.07) is 0. The van der Waals surface area contributed by atoms with Crippen molar-refractivity contribution in [3.05, 3.63) is 0 Å². The van der Waals surface area contributed by atoms with E-state index in [1.165, 1.54) is 12.8 Å². The number of Topliss-reactive ketones (excluding diaryl/α,β-unsaturated/α-hetero) is 1. The van der Waals surface area contributed by atoms with Crippen LogP contribution in [-0.2, 0) is 14.3 Å². The van der Waals surface area contributed by atoms with Crippen molar-refractivity contribution in [1.82, 2.24) is 0 Å². The van der Waals surface area contributed by atoms with E-state index in [2.05, 4.69) is 25.7 Å². The van der Waals surface area contributed by atoms with E-state index in [-0.39, 0.29) is 11.7 Å². The molecule has 3 heteroatoms. The highest BCUT2D eigenvalue weighted by molar-refractivity contribution is 5.83. The summed E-state index contributed by atoms with van der Waals surface area (Å²) >= 11 is 0. The van der Waals surface area contributed by atoms with Gasteiger partial charge in [-0.2, -0.15) is 0 Å². The smallest absolute Gasteiger partial charge is 0.156 e. The van der Waals surface area contributed by atoms with Crippen molar-refractivity contribution in [2.45, 2.75) is 92.0 Å². The van der Waals surface area contributed by atoms with Gasteiger partial charge in [0.25, 0.3) is 0 Å². The molecule has 1 unspecified atom stereocenters. The Morgan fingerprint density at radius 3 is 2.72 bits per heavy atom. The number of hydrogen-bond acceptors (Lipinski definition) is 3. The highest BCUT2D eigenvalue weighted by Crippen LogP contribution is 2.56. The number of fused-ring (bicyclic) bond motifs is 1. The van der Waals surface area contributed by atoms with Crippen LogP contribution >= 0.6 is 0 Å². The van der Waals surface area contributed by atoms with Gasteiger partial charge in [0.2, 0.25) is 0 Å². The Morgan fingerprint density at radius 1 is 1.32 bits per heavy atom. The second-order valence-electron chi connectivity index (χ2n) is 8.70. The Labute approximate surface area is 154 Å². The summed E-state index contributed by atoms with van der Waals surface area (Å²) in [4.78, 5) is 12.3. The molecule has 5 atom stereocenters. The van der Waals surface area contributed by atoms with Crippen LogP contribution in [0.3, 0.4) is 0 Å². The van der Waals surface area contributed by atoms with Gasteiger partial charge in [-0.25, -0.2) is 0 Å². The Hall–Kier alpha value is -0.850. The number of carbonyl (C=O) groups is 1. The quantitative estimate of drug-likeness (QED) is 0.502. The number of hydrogen-bond donors (Lipinski definition) is 0. The predicted molar refractivity (Wildman–Crippen MR) is 101 cm³/mol. The highest BCUT2D eigenvalue weighted by atomic mass is 16.7. The largest absolute Gasteiger partial charge is 0.353 e. The fourth-order valence-electron chi connectivity index (χ4n) is 5.18. The standard InChI is InChI=1S/C22H36O3/c1-7-24-17(3)25-21(4,5)14-8-10-16(2)18-12-13-19-20(23)11-9-15-22(18,19)6/h16-19H,7,9-13,15H2,1-6H3/t16-,17?,18-,19-,22-/m1/s1. The van der Waals surface area contributed by atoms with Gasteiger partial charge in [-0.05, 0) is 70.6 Å². The first-order valence-corrected chi connectivity index (χ1v) is 10.0. The van der Waals surface area contributed by atoms with Crippen LogP contribution in [0.5, 0.6) is 0 Å². The molecule has 25 heavy (non-hydrogen) atoms. The van der Waals surface area contributed by atoms with E-state index in [1.54, 1.807) is 0 Å². The van der Waals surface area contributed by atoms with Crippen LogP contribution in [0.2, 0.25) is 0 Å². The summed E-state index contributed by atoms with van der Waals surface area (Å²) in [6.07, 6.45) is 5.95. The first-order chi connectivity index (χ1) is 11.7. The average Bonchev–Trinajstić information content (AvgIpc) is 2.85. The molecule has 0 aliphatic heterocycles. The van der Waals surface area contributed by atoms with E-state index >= 15 is 0 Å². The lowest BCUT2D eigenvalue weighted by atomic mass is 9.62. The van der Waals surface area contributed by atoms with E-state index in [0.717, 1.165) is 25.7 Å². The average molecular weight is 349 g/mol. The maximum atomic E-state index is 12.3. The van der Waals surface area contributed by atoms with Gasteiger partial charge in [-0.1, -0.05) is 25.7 Å². The number of ketones is 1. The van der Waals surface area contributed by atoms with Crippen LogP contribution in [0.1, 0.15) is 80.1 Å². The molecule has 0 amide bonds. The molecule has 0 spiro atoms. The molecule has 3 nitrogen and oxygen atoms in total. The fraction of sp³-hybridized carbons (Fsp3) is 0.864. The summed E-state index contributed by atoms with van der Waals surface area (Å²) in [5.41, 5.74) is -0.302. The van der Waals surface area contributed by atoms with Crippen LogP contribution in [0.4, 0.5) is 0 Å². The van der Waals surface area contributed by atoms with Crippen LogP contribution in [-0.4, -0.2) is 24.3 Å². The van der Waals surface area contributed by atoms with Gasteiger partial charge in [-0.15, -0.1) is 0 Å². The summed E-state index contributed by atoms with van der Waals surface area (Å²) < 4.78 is 11.3. The molecule has 2 aliphatic rings. The molecular weight excluding hydrogens is 312 g/mol. The van der Waals surface area contributed by atoms with E-state index in [1.807, 2.05) is 27.7 Å². The van der Waals surface area contributed by atoms with Crippen molar-refractivity contribution in [2.75, 3.05) is 6.61 Å². The lowest BCUT2D eigenvalue weighted by Gasteiger charge is -2.42. The number of rotatable bonds is 6. The van der Waals surface area contributed by atoms with E-state index in [9.17, 15) is 4.79 Å². The Bertz CT molecular complexity index is 527. The van der Waals surface area contributed by atoms with Crippen LogP contribution in [0.25, 0.3) is 0 Å². The van der Waals surface area contributed by atoms with Crippen LogP contribution in [0, 0.1) is 35.0 Å². The molecule has 0 aromatic heterocycles. The van der Waals surface area contributed by atoms with Gasteiger partial charge in [0.15, 0.2) is 6.29 Å². The molecule has 0 aromatic carbocycles. The second kappa shape index (κ2) is 8.23. The van der Waals surface area contributed by atoms with Crippen molar-refractivity contribution in [1.29, 1.82) is 0 Å². The zero-order valence-electron chi connectivity index (χ0n) is 17.0. The molecule has 0 radical (unpaired) electrons. The topological polar surface area (TPSA) is 35.5 Å². The molecule has 2 fully saturated rings. The number of ether oxygens (including phenoxy) is 2. The van der Waals surface area contributed by atoms with Gasteiger partial charge >= 0.3 is 0 Å². The second-order valence-corrected chi connectivity index (χ2v) is 8.70. The van der Waals surface area contributed by atoms with Crippen molar-refractivity contribution >= 4 is 5.78 Å². The Morgan fingerprint density at radius 2 is 2.04 bits per heavy atom. The third-order valence-electron chi connectivity index (χ3n) is 6.30. The molecule has 2 rings (SSSR count). The summed E-state index contributed by atoms with van der Waals surface area (Å²) in [7, 11) is 0. The van der Waals surface area contributed by atoms with Crippen molar-refractivity contribution in [3.8, 4) is 11.8 Å². The van der Waals surface area contributed by atoms with Crippen LogP contribution < -0.4 is 0 Å². The Balaban J connectivity index is 1.94. The SMILES string of the molecule is CCOC(C)OC(C)(C)C#CC[C@@H](C)[C@H]1CC[C@@H]2C(=O)CCC[C@@]21C. The molecule has 0 N–H and O–H groups in total. The first-order valence-electron chi connectivity index (χ1n) is 10.0. The highest BCUT2D eigenvalue weighted by Gasteiger charge is 2.52. The van der Waals surface area contributed by atoms with Crippen LogP contribution in [0.15, 0.2) is 0 Å². The fourth-order valence-corrected chi connectivity index (χ4v) is 5.18. The van der Waals surface area contributed by atoms with E-state index < -0.39 is 5.60 Å². The summed E-state index contributed by atoms with van der Waals surface area (Å²) in [5, 5.41) is 0. The van der Waals surface area contributed by atoms with E-state index in [4.69, 9.17) is 9.47 Å². The Kier molecular flexibility index (Phi) is 6.74. The molecule has 0 bridgehead atoms. The lowest BCUT2D eigenvalue weighted by Crippen LogP contribution is -2.39. The van der Waals surface area contributed by atoms with Gasteiger partial charge in [0.05, 0.1) is 0 Å². The van der Waals surface area contributed by atoms with Gasteiger partial charge < -0.3 is 9.47 Å². The minimum atomic E-state index is -0.503. The maximum absolute atomic E-state index is 12.3. The monoisotopic (exact) mass is 348 g/mol.